The smallest absolute Gasteiger partial charge is 0.0150 e. The van der Waals surface area contributed by atoms with Gasteiger partial charge in [-0.15, -0.1) is 0 Å². The Morgan fingerprint density at radius 3 is 2.57 bits per heavy atom. The van der Waals surface area contributed by atoms with Gasteiger partial charge < -0.3 is 0 Å². The largest absolute Gasteiger partial charge is 0.0998 e. The fraction of sp³-hybridized carbons (Fsp3) is 0.667. The maximum Gasteiger partial charge on any atom is 0.0150 e. The summed E-state index contributed by atoms with van der Waals surface area (Å²) in [5.41, 5.74) is 1.44. The first kappa shape index (κ1) is 5.60. The summed E-state index contributed by atoms with van der Waals surface area (Å²) in [6, 6.07) is 0. The van der Waals surface area contributed by atoms with Gasteiger partial charge in [-0.2, -0.15) is 0 Å². The summed E-state index contributed by atoms with van der Waals surface area (Å²) in [7, 11) is 0. The molecule has 0 amide bonds. The fourth-order valence-corrected chi connectivity index (χ4v) is 1.81. The molecule has 1 fully saturated rings. The van der Waals surface area contributed by atoms with E-state index in [1.54, 1.807) is 0 Å². The van der Waals surface area contributed by atoms with Crippen LogP contribution in [0.25, 0.3) is 0 Å². The van der Waals surface area contributed by atoms with E-state index in [0.717, 1.165) is 3.92 Å². The Labute approximate surface area is 58.1 Å². The molecule has 0 saturated heterocycles. The highest BCUT2D eigenvalue weighted by Crippen LogP contribution is 2.28. The van der Waals surface area contributed by atoms with Gasteiger partial charge in [-0.1, -0.05) is 34.7 Å². The molecule has 40 valence electrons. The summed E-state index contributed by atoms with van der Waals surface area (Å²) in [6.07, 6.45) is 3.90. The summed E-state index contributed by atoms with van der Waals surface area (Å²) >= 11 is 2.49. The molecule has 0 aromatic heterocycles. The molecule has 7 heavy (non-hydrogen) atoms. The standard InChI is InChI=1S/C6H9I/c1-5-2-3-6(7)4-5/h6H,1-4H2. The van der Waals surface area contributed by atoms with Crippen LogP contribution in [0.5, 0.6) is 0 Å². The molecule has 1 heteroatoms. The van der Waals surface area contributed by atoms with Crippen LogP contribution in [0.1, 0.15) is 19.3 Å². The molecule has 1 atom stereocenters. The van der Waals surface area contributed by atoms with Crippen LogP contribution in [0.4, 0.5) is 0 Å². The minimum Gasteiger partial charge on any atom is -0.0998 e. The first-order valence-electron chi connectivity index (χ1n) is 2.60. The van der Waals surface area contributed by atoms with Gasteiger partial charge in [0.25, 0.3) is 0 Å². The van der Waals surface area contributed by atoms with E-state index in [0.29, 0.717) is 0 Å². The van der Waals surface area contributed by atoms with Crippen molar-refractivity contribution in [3.63, 3.8) is 0 Å². The van der Waals surface area contributed by atoms with E-state index < -0.39 is 0 Å². The number of allylic oxidation sites excluding steroid dienone is 1. The zero-order chi connectivity index (χ0) is 5.28. The van der Waals surface area contributed by atoms with Crippen LogP contribution in [-0.2, 0) is 0 Å². The Hall–Kier alpha value is 0.470. The second-order valence-electron chi connectivity index (χ2n) is 2.09. The zero-order valence-electron chi connectivity index (χ0n) is 4.28. The first-order valence-corrected chi connectivity index (χ1v) is 3.84. The van der Waals surface area contributed by atoms with Gasteiger partial charge in [0.2, 0.25) is 0 Å². The summed E-state index contributed by atoms with van der Waals surface area (Å²) in [5, 5.41) is 0. The third kappa shape index (κ3) is 1.44. The van der Waals surface area contributed by atoms with Crippen LogP contribution >= 0.6 is 22.6 Å². The van der Waals surface area contributed by atoms with Crippen molar-refractivity contribution < 1.29 is 0 Å². The van der Waals surface area contributed by atoms with Crippen LogP contribution in [-0.4, -0.2) is 3.92 Å². The summed E-state index contributed by atoms with van der Waals surface area (Å²) in [5.74, 6) is 0. The summed E-state index contributed by atoms with van der Waals surface area (Å²) in [4.78, 5) is 0. The molecule has 0 radical (unpaired) electrons. The number of hydrogen-bond acceptors (Lipinski definition) is 0. The van der Waals surface area contributed by atoms with E-state index in [1.165, 1.54) is 24.8 Å². The minimum atomic E-state index is 0.894. The van der Waals surface area contributed by atoms with E-state index in [1.807, 2.05) is 0 Å². The van der Waals surface area contributed by atoms with Crippen molar-refractivity contribution in [1.82, 2.24) is 0 Å². The molecule has 0 aliphatic heterocycles. The van der Waals surface area contributed by atoms with Gasteiger partial charge in [0.1, 0.15) is 0 Å². The molecular weight excluding hydrogens is 199 g/mol. The Bertz CT molecular complexity index is 86.2. The highest BCUT2D eigenvalue weighted by atomic mass is 127. The van der Waals surface area contributed by atoms with Crippen molar-refractivity contribution in [3.05, 3.63) is 12.2 Å². The van der Waals surface area contributed by atoms with E-state index in [2.05, 4.69) is 29.2 Å². The summed E-state index contributed by atoms with van der Waals surface area (Å²) in [6.45, 7) is 3.90. The molecule has 1 rings (SSSR count). The Balaban J connectivity index is 2.40. The molecule has 1 unspecified atom stereocenters. The maximum absolute atomic E-state index is 3.90. The van der Waals surface area contributed by atoms with Crippen molar-refractivity contribution >= 4 is 22.6 Å². The average molecular weight is 208 g/mol. The second kappa shape index (κ2) is 2.16. The lowest BCUT2D eigenvalue weighted by molar-refractivity contribution is 0.937. The number of alkyl halides is 1. The van der Waals surface area contributed by atoms with Crippen LogP contribution in [0.2, 0.25) is 0 Å². The molecule has 0 N–H and O–H groups in total. The molecule has 1 aliphatic rings. The lowest BCUT2D eigenvalue weighted by atomic mass is 10.3. The number of hydrogen-bond donors (Lipinski definition) is 0. The van der Waals surface area contributed by atoms with Gasteiger partial charge in [0.15, 0.2) is 0 Å². The highest BCUT2D eigenvalue weighted by Gasteiger charge is 2.13. The zero-order valence-corrected chi connectivity index (χ0v) is 6.44. The molecule has 0 aromatic carbocycles. The Kier molecular flexibility index (Phi) is 1.73. The SMILES string of the molecule is C=C1CCC(I)C1. The number of halogens is 1. The van der Waals surface area contributed by atoms with Crippen LogP contribution in [0, 0.1) is 0 Å². The van der Waals surface area contributed by atoms with Gasteiger partial charge >= 0.3 is 0 Å². The molecule has 0 aromatic rings. The van der Waals surface area contributed by atoms with Crippen molar-refractivity contribution in [1.29, 1.82) is 0 Å². The second-order valence-corrected chi connectivity index (χ2v) is 3.85. The lowest BCUT2D eigenvalue weighted by Crippen LogP contribution is -1.82. The van der Waals surface area contributed by atoms with E-state index in [-0.39, 0.29) is 0 Å². The van der Waals surface area contributed by atoms with Gasteiger partial charge in [-0.3, -0.25) is 0 Å². The van der Waals surface area contributed by atoms with Crippen molar-refractivity contribution in [3.8, 4) is 0 Å². The van der Waals surface area contributed by atoms with Crippen LogP contribution in [0.3, 0.4) is 0 Å². The van der Waals surface area contributed by atoms with E-state index >= 15 is 0 Å². The van der Waals surface area contributed by atoms with Crippen LogP contribution in [0.15, 0.2) is 12.2 Å². The first-order chi connectivity index (χ1) is 3.29. The molecule has 0 nitrogen and oxygen atoms in total. The monoisotopic (exact) mass is 208 g/mol. The molecule has 1 saturated carbocycles. The maximum atomic E-state index is 3.90. The topological polar surface area (TPSA) is 0 Å². The quantitative estimate of drug-likeness (QED) is 0.326. The van der Waals surface area contributed by atoms with Gasteiger partial charge in [-0.05, 0) is 19.3 Å². The average Bonchev–Trinajstić information content (AvgIpc) is 1.87. The van der Waals surface area contributed by atoms with Gasteiger partial charge in [-0.25, -0.2) is 0 Å². The molecule has 0 heterocycles. The molecular formula is C6H9I. The molecule has 0 bridgehead atoms. The van der Waals surface area contributed by atoms with Gasteiger partial charge in [0, 0.05) is 3.92 Å². The molecule has 1 aliphatic carbocycles. The Morgan fingerprint density at radius 2 is 2.43 bits per heavy atom. The van der Waals surface area contributed by atoms with Crippen LogP contribution < -0.4 is 0 Å². The third-order valence-electron chi connectivity index (χ3n) is 1.32. The lowest BCUT2D eigenvalue weighted by Gasteiger charge is -1.89. The van der Waals surface area contributed by atoms with Crippen molar-refractivity contribution in [2.75, 3.05) is 0 Å². The molecule has 0 spiro atoms. The van der Waals surface area contributed by atoms with E-state index in [4.69, 9.17) is 0 Å². The van der Waals surface area contributed by atoms with Gasteiger partial charge in [0.05, 0.1) is 0 Å². The predicted molar refractivity (Wildman–Crippen MR) is 40.8 cm³/mol. The third-order valence-corrected chi connectivity index (χ3v) is 2.38. The fourth-order valence-electron chi connectivity index (χ4n) is 0.878. The highest BCUT2D eigenvalue weighted by molar-refractivity contribution is 14.1. The van der Waals surface area contributed by atoms with Crippen molar-refractivity contribution in [2.45, 2.75) is 23.2 Å². The van der Waals surface area contributed by atoms with E-state index in [9.17, 15) is 0 Å². The number of rotatable bonds is 0. The van der Waals surface area contributed by atoms with Crippen molar-refractivity contribution in [2.24, 2.45) is 0 Å². The summed E-state index contributed by atoms with van der Waals surface area (Å²) < 4.78 is 0.894. The predicted octanol–water partition coefficient (Wildman–Crippen LogP) is 2.53. The Morgan fingerprint density at radius 1 is 1.71 bits per heavy atom. The normalized spacial score (nSPS) is 31.6. The minimum absolute atomic E-state index is 0.894.